The van der Waals surface area contributed by atoms with Crippen molar-refractivity contribution < 1.29 is 9.21 Å². The largest absolute Gasteiger partial charge is 0.468 e. The molecule has 0 bridgehead atoms. The third-order valence-electron chi connectivity index (χ3n) is 4.77. The van der Waals surface area contributed by atoms with Crippen molar-refractivity contribution in [2.75, 3.05) is 19.6 Å². The van der Waals surface area contributed by atoms with Crippen molar-refractivity contribution in [2.45, 2.75) is 13.0 Å². The van der Waals surface area contributed by atoms with Gasteiger partial charge in [-0.15, -0.1) is 0 Å². The molecule has 0 aliphatic carbocycles. The van der Waals surface area contributed by atoms with Gasteiger partial charge in [-0.3, -0.25) is 14.7 Å². The fourth-order valence-corrected chi connectivity index (χ4v) is 3.47. The summed E-state index contributed by atoms with van der Waals surface area (Å²) in [5, 5.41) is 4.99. The van der Waals surface area contributed by atoms with E-state index in [1.807, 2.05) is 42.5 Å². The number of nitrogens with zero attached hydrogens (tertiary/aromatic N) is 2. The quantitative estimate of drug-likeness (QED) is 0.778. The van der Waals surface area contributed by atoms with Gasteiger partial charge in [0.15, 0.2) is 0 Å². The van der Waals surface area contributed by atoms with Crippen LogP contribution in [0.25, 0.3) is 10.8 Å². The number of benzene rings is 1. The van der Waals surface area contributed by atoms with Gasteiger partial charge in [-0.25, -0.2) is 0 Å². The van der Waals surface area contributed by atoms with Crippen LogP contribution in [-0.4, -0.2) is 35.4 Å². The summed E-state index contributed by atoms with van der Waals surface area (Å²) in [7, 11) is 0. The molecule has 128 valence electrons. The van der Waals surface area contributed by atoms with E-state index < -0.39 is 0 Å². The molecular formula is C20H21N3O2. The highest BCUT2D eigenvalue weighted by Gasteiger charge is 2.24. The van der Waals surface area contributed by atoms with E-state index in [1.54, 1.807) is 12.5 Å². The topological polar surface area (TPSA) is 58.4 Å². The van der Waals surface area contributed by atoms with Crippen molar-refractivity contribution in [2.24, 2.45) is 5.92 Å². The first-order chi connectivity index (χ1) is 12.3. The molecule has 0 spiro atoms. The Morgan fingerprint density at radius 1 is 1.24 bits per heavy atom. The van der Waals surface area contributed by atoms with Crippen LogP contribution in [0.2, 0.25) is 0 Å². The van der Waals surface area contributed by atoms with Crippen molar-refractivity contribution in [1.82, 2.24) is 15.2 Å². The molecule has 0 saturated carbocycles. The monoisotopic (exact) mass is 335 g/mol. The second kappa shape index (κ2) is 7.07. The summed E-state index contributed by atoms with van der Waals surface area (Å²) in [6.45, 7) is 3.53. The highest BCUT2D eigenvalue weighted by molar-refractivity contribution is 6.05. The molecule has 1 aromatic carbocycles. The highest BCUT2D eigenvalue weighted by atomic mass is 16.3. The molecule has 1 saturated heterocycles. The lowest BCUT2D eigenvalue weighted by atomic mass is 10.1. The molecule has 4 rings (SSSR count). The van der Waals surface area contributed by atoms with Gasteiger partial charge in [0.25, 0.3) is 5.91 Å². The number of amides is 1. The second-order valence-electron chi connectivity index (χ2n) is 6.56. The normalized spacial score (nSPS) is 17.8. The average Bonchev–Trinajstić information content (AvgIpc) is 3.31. The zero-order valence-electron chi connectivity index (χ0n) is 14.0. The molecule has 25 heavy (non-hydrogen) atoms. The van der Waals surface area contributed by atoms with Crippen LogP contribution in [0.3, 0.4) is 0 Å². The average molecular weight is 335 g/mol. The summed E-state index contributed by atoms with van der Waals surface area (Å²) in [4.78, 5) is 19.2. The Morgan fingerprint density at radius 3 is 3.04 bits per heavy atom. The number of pyridine rings is 1. The van der Waals surface area contributed by atoms with Crippen molar-refractivity contribution in [1.29, 1.82) is 0 Å². The van der Waals surface area contributed by atoms with Crippen molar-refractivity contribution in [3.05, 3.63) is 66.4 Å². The Bertz CT molecular complexity index is 855. The van der Waals surface area contributed by atoms with Crippen LogP contribution >= 0.6 is 0 Å². The maximum atomic E-state index is 12.6. The molecule has 3 heterocycles. The smallest absolute Gasteiger partial charge is 0.270 e. The van der Waals surface area contributed by atoms with Crippen LogP contribution < -0.4 is 5.32 Å². The van der Waals surface area contributed by atoms with E-state index in [0.29, 0.717) is 18.2 Å². The lowest BCUT2D eigenvalue weighted by molar-refractivity contribution is 0.0944. The number of carbonyl (C=O) groups is 1. The molecule has 0 radical (unpaired) electrons. The minimum absolute atomic E-state index is 0.0960. The van der Waals surface area contributed by atoms with Gasteiger partial charge < -0.3 is 9.73 Å². The molecule has 3 aromatic rings. The fourth-order valence-electron chi connectivity index (χ4n) is 3.47. The van der Waals surface area contributed by atoms with Gasteiger partial charge >= 0.3 is 0 Å². The van der Waals surface area contributed by atoms with E-state index in [-0.39, 0.29) is 5.91 Å². The first kappa shape index (κ1) is 15.8. The van der Waals surface area contributed by atoms with Gasteiger partial charge in [-0.05, 0) is 42.5 Å². The third-order valence-corrected chi connectivity index (χ3v) is 4.77. The summed E-state index contributed by atoms with van der Waals surface area (Å²) in [6.07, 6.45) is 4.49. The minimum Gasteiger partial charge on any atom is -0.468 e. The van der Waals surface area contributed by atoms with E-state index in [2.05, 4.69) is 15.2 Å². The van der Waals surface area contributed by atoms with E-state index in [1.165, 1.54) is 0 Å². The summed E-state index contributed by atoms with van der Waals surface area (Å²) in [5.74, 6) is 1.36. The van der Waals surface area contributed by atoms with E-state index >= 15 is 0 Å². The maximum Gasteiger partial charge on any atom is 0.270 e. The molecule has 5 heteroatoms. The molecule has 0 unspecified atom stereocenters. The number of furan rings is 1. The fraction of sp³-hybridized carbons (Fsp3) is 0.300. The van der Waals surface area contributed by atoms with Gasteiger partial charge in [-0.2, -0.15) is 0 Å². The number of aromatic nitrogens is 1. The van der Waals surface area contributed by atoms with Gasteiger partial charge in [0.05, 0.1) is 12.8 Å². The van der Waals surface area contributed by atoms with Crippen LogP contribution in [-0.2, 0) is 6.54 Å². The Morgan fingerprint density at radius 2 is 2.16 bits per heavy atom. The number of nitrogens with one attached hydrogen (secondary N) is 1. The van der Waals surface area contributed by atoms with Crippen LogP contribution in [0.15, 0.2) is 59.3 Å². The lowest BCUT2D eigenvalue weighted by Gasteiger charge is -2.15. The summed E-state index contributed by atoms with van der Waals surface area (Å²) >= 11 is 0. The standard InChI is InChI=1S/C20H21N3O2/c24-20(19-18-6-2-1-4-16(18)7-9-21-19)22-12-15-8-10-23(13-15)14-17-5-3-11-25-17/h1-7,9,11,15H,8,10,12-14H2,(H,22,24)/t15-/m0/s1. The molecule has 1 atom stereocenters. The Hall–Kier alpha value is -2.66. The first-order valence-corrected chi connectivity index (χ1v) is 8.66. The van der Waals surface area contributed by atoms with Gasteiger partial charge in [0.2, 0.25) is 0 Å². The summed E-state index contributed by atoms with van der Waals surface area (Å²) < 4.78 is 5.41. The lowest BCUT2D eigenvalue weighted by Crippen LogP contribution is -2.31. The van der Waals surface area contributed by atoms with Crippen LogP contribution in [0.5, 0.6) is 0 Å². The number of fused-ring (bicyclic) bond motifs is 1. The van der Waals surface area contributed by atoms with Gasteiger partial charge in [0.1, 0.15) is 11.5 Å². The third kappa shape index (κ3) is 3.56. The zero-order valence-corrected chi connectivity index (χ0v) is 14.0. The van der Waals surface area contributed by atoms with Crippen LogP contribution in [0.4, 0.5) is 0 Å². The van der Waals surface area contributed by atoms with Crippen molar-refractivity contribution >= 4 is 16.7 Å². The number of rotatable bonds is 5. The summed E-state index contributed by atoms with van der Waals surface area (Å²) in [5.41, 5.74) is 0.503. The highest BCUT2D eigenvalue weighted by Crippen LogP contribution is 2.19. The number of hydrogen-bond donors (Lipinski definition) is 1. The predicted molar refractivity (Wildman–Crippen MR) is 96.2 cm³/mol. The predicted octanol–water partition coefficient (Wildman–Crippen LogP) is 3.08. The Balaban J connectivity index is 1.34. The Labute approximate surface area is 146 Å². The second-order valence-corrected chi connectivity index (χ2v) is 6.56. The molecule has 1 amide bonds. The molecule has 2 aromatic heterocycles. The number of carbonyl (C=O) groups excluding carboxylic acids is 1. The maximum absolute atomic E-state index is 12.6. The minimum atomic E-state index is -0.0960. The van der Waals surface area contributed by atoms with E-state index in [0.717, 1.165) is 42.6 Å². The molecule has 1 aliphatic heterocycles. The van der Waals surface area contributed by atoms with Gasteiger partial charge in [0, 0.05) is 24.7 Å². The Kier molecular flexibility index (Phi) is 4.48. The SMILES string of the molecule is O=C(NC[C@@H]1CCN(Cc2ccco2)C1)c1nccc2ccccc12. The van der Waals surface area contributed by atoms with E-state index in [9.17, 15) is 4.79 Å². The van der Waals surface area contributed by atoms with Crippen LogP contribution in [0, 0.1) is 5.92 Å². The summed E-state index contributed by atoms with van der Waals surface area (Å²) in [6, 6.07) is 13.7. The number of hydrogen-bond acceptors (Lipinski definition) is 4. The zero-order chi connectivity index (χ0) is 17.1. The molecule has 1 aliphatic rings. The molecule has 1 fully saturated rings. The first-order valence-electron chi connectivity index (χ1n) is 8.66. The molecule has 5 nitrogen and oxygen atoms in total. The van der Waals surface area contributed by atoms with Gasteiger partial charge in [-0.1, -0.05) is 24.3 Å². The van der Waals surface area contributed by atoms with Crippen molar-refractivity contribution in [3.8, 4) is 0 Å². The van der Waals surface area contributed by atoms with Crippen LogP contribution in [0.1, 0.15) is 22.7 Å². The molecule has 1 N–H and O–H groups in total. The molecular weight excluding hydrogens is 314 g/mol. The van der Waals surface area contributed by atoms with E-state index in [4.69, 9.17) is 4.42 Å². The van der Waals surface area contributed by atoms with Crippen molar-refractivity contribution in [3.63, 3.8) is 0 Å². The number of likely N-dealkylation sites (tertiary alicyclic amines) is 1.